The minimum absolute atomic E-state index is 0.0954. The topological polar surface area (TPSA) is 41.1 Å². The van der Waals surface area contributed by atoms with Crippen molar-refractivity contribution in [2.75, 3.05) is 17.2 Å². The van der Waals surface area contributed by atoms with Crippen LogP contribution in [-0.2, 0) is 4.79 Å². The van der Waals surface area contributed by atoms with Gasteiger partial charge >= 0.3 is 0 Å². The van der Waals surface area contributed by atoms with Crippen LogP contribution in [0.4, 0.5) is 15.8 Å². The van der Waals surface area contributed by atoms with Crippen LogP contribution in [0, 0.1) is 19.7 Å². The van der Waals surface area contributed by atoms with Crippen LogP contribution in [0.2, 0.25) is 0 Å². The molecule has 3 nitrogen and oxygen atoms in total. The molecule has 0 saturated carbocycles. The van der Waals surface area contributed by atoms with Gasteiger partial charge in [0.15, 0.2) is 0 Å². The molecule has 0 fully saturated rings. The first-order chi connectivity index (χ1) is 9.54. The molecule has 0 spiro atoms. The van der Waals surface area contributed by atoms with Gasteiger partial charge in [0.1, 0.15) is 5.82 Å². The zero-order valence-corrected chi connectivity index (χ0v) is 11.5. The van der Waals surface area contributed by atoms with Crippen molar-refractivity contribution in [2.24, 2.45) is 0 Å². The highest BCUT2D eigenvalue weighted by Crippen LogP contribution is 2.15. The number of aryl methyl sites for hydroxylation is 2. The predicted octanol–water partition coefficient (Wildman–Crippen LogP) is 3.49. The summed E-state index contributed by atoms with van der Waals surface area (Å²) in [6, 6.07) is 12.0. The lowest BCUT2D eigenvalue weighted by molar-refractivity contribution is -0.114. The number of nitrogens with one attached hydrogen (secondary N) is 2. The van der Waals surface area contributed by atoms with Crippen molar-refractivity contribution in [2.45, 2.75) is 13.8 Å². The summed E-state index contributed by atoms with van der Waals surface area (Å²) in [5, 5.41) is 5.71. The molecule has 2 N–H and O–H groups in total. The molecular formula is C16H17FN2O. The van der Waals surface area contributed by atoms with Gasteiger partial charge in [-0.3, -0.25) is 4.79 Å². The maximum atomic E-state index is 13.1. The number of benzene rings is 2. The van der Waals surface area contributed by atoms with Crippen molar-refractivity contribution in [1.82, 2.24) is 0 Å². The van der Waals surface area contributed by atoms with Gasteiger partial charge in [-0.15, -0.1) is 0 Å². The number of hydrogen-bond acceptors (Lipinski definition) is 2. The highest BCUT2D eigenvalue weighted by atomic mass is 19.1. The third-order valence-electron chi connectivity index (χ3n) is 2.97. The Bertz CT molecular complexity index is 608. The largest absolute Gasteiger partial charge is 0.376 e. The molecule has 20 heavy (non-hydrogen) atoms. The molecule has 0 aliphatic rings. The lowest BCUT2D eigenvalue weighted by Crippen LogP contribution is -2.22. The van der Waals surface area contributed by atoms with Gasteiger partial charge in [0, 0.05) is 11.4 Å². The summed E-state index contributed by atoms with van der Waals surface area (Å²) in [4.78, 5) is 11.8. The van der Waals surface area contributed by atoms with E-state index < -0.39 is 0 Å². The lowest BCUT2D eigenvalue weighted by atomic mass is 10.2. The highest BCUT2D eigenvalue weighted by molar-refractivity contribution is 5.93. The molecule has 4 heteroatoms. The first kappa shape index (κ1) is 14.1. The molecule has 2 aromatic carbocycles. The molecule has 2 aromatic rings. The summed E-state index contributed by atoms with van der Waals surface area (Å²) in [5.74, 6) is -0.491. The molecule has 2 rings (SSSR count). The van der Waals surface area contributed by atoms with Crippen LogP contribution in [-0.4, -0.2) is 12.5 Å². The number of rotatable bonds is 4. The summed E-state index contributed by atoms with van der Waals surface area (Å²) in [7, 11) is 0. The molecule has 0 aliphatic carbocycles. The van der Waals surface area contributed by atoms with E-state index in [1.54, 1.807) is 6.07 Å². The quantitative estimate of drug-likeness (QED) is 0.894. The van der Waals surface area contributed by atoms with Crippen LogP contribution >= 0.6 is 0 Å². The molecular weight excluding hydrogens is 255 g/mol. The van der Waals surface area contributed by atoms with E-state index >= 15 is 0 Å². The maximum Gasteiger partial charge on any atom is 0.243 e. The van der Waals surface area contributed by atoms with Gasteiger partial charge in [-0.25, -0.2) is 4.39 Å². The molecule has 0 unspecified atom stereocenters. The summed E-state index contributed by atoms with van der Waals surface area (Å²) >= 11 is 0. The molecule has 0 radical (unpaired) electrons. The van der Waals surface area contributed by atoms with Crippen molar-refractivity contribution in [3.8, 4) is 0 Å². The average Bonchev–Trinajstić information content (AvgIpc) is 2.42. The van der Waals surface area contributed by atoms with Gasteiger partial charge < -0.3 is 10.6 Å². The molecule has 0 aromatic heterocycles. The smallest absolute Gasteiger partial charge is 0.243 e. The molecule has 0 bridgehead atoms. The minimum Gasteiger partial charge on any atom is -0.376 e. The van der Waals surface area contributed by atoms with Crippen molar-refractivity contribution >= 4 is 17.3 Å². The first-order valence-corrected chi connectivity index (χ1v) is 6.41. The summed E-state index contributed by atoms with van der Waals surface area (Å²) < 4.78 is 13.1. The van der Waals surface area contributed by atoms with E-state index in [0.717, 1.165) is 16.8 Å². The fraction of sp³-hybridized carbons (Fsp3) is 0.188. The first-order valence-electron chi connectivity index (χ1n) is 6.41. The van der Waals surface area contributed by atoms with Crippen LogP contribution in [0.25, 0.3) is 0 Å². The third kappa shape index (κ3) is 3.82. The van der Waals surface area contributed by atoms with Crippen LogP contribution in [0.5, 0.6) is 0 Å². The van der Waals surface area contributed by atoms with Gasteiger partial charge in [0.2, 0.25) is 5.91 Å². The van der Waals surface area contributed by atoms with Crippen LogP contribution < -0.4 is 10.6 Å². The number of hydrogen-bond donors (Lipinski definition) is 2. The second kappa shape index (κ2) is 6.19. The number of anilines is 2. The predicted molar refractivity (Wildman–Crippen MR) is 79.4 cm³/mol. The van der Waals surface area contributed by atoms with E-state index in [1.807, 2.05) is 38.1 Å². The Morgan fingerprint density at radius 3 is 2.50 bits per heavy atom. The van der Waals surface area contributed by atoms with Gasteiger partial charge in [0.25, 0.3) is 0 Å². The second-order valence-corrected chi connectivity index (χ2v) is 4.73. The number of halogens is 1. The van der Waals surface area contributed by atoms with Crippen molar-refractivity contribution in [3.63, 3.8) is 0 Å². The standard InChI is InChI=1S/C16H17FN2O/c1-11-3-7-14(8-4-11)19-16(20)10-18-15-9-13(17)6-5-12(15)2/h3-9,18H,10H2,1-2H3,(H,19,20). The number of carbonyl (C=O) groups is 1. The normalized spacial score (nSPS) is 10.2. The van der Waals surface area contributed by atoms with Crippen LogP contribution in [0.15, 0.2) is 42.5 Å². The molecule has 104 valence electrons. The Kier molecular flexibility index (Phi) is 4.35. The SMILES string of the molecule is Cc1ccc(NC(=O)CNc2cc(F)ccc2C)cc1. The van der Waals surface area contributed by atoms with Crippen molar-refractivity contribution in [1.29, 1.82) is 0 Å². The van der Waals surface area contributed by atoms with Gasteiger partial charge in [-0.05, 0) is 43.7 Å². The molecule has 0 heterocycles. The van der Waals surface area contributed by atoms with Crippen molar-refractivity contribution in [3.05, 3.63) is 59.4 Å². The molecule has 0 saturated heterocycles. The summed E-state index contributed by atoms with van der Waals surface area (Å²) in [6.45, 7) is 3.94. The zero-order chi connectivity index (χ0) is 14.5. The van der Waals surface area contributed by atoms with E-state index in [0.29, 0.717) is 5.69 Å². The molecule has 0 aliphatic heterocycles. The second-order valence-electron chi connectivity index (χ2n) is 4.73. The minimum atomic E-state index is -0.322. The number of amides is 1. The lowest BCUT2D eigenvalue weighted by Gasteiger charge is -2.10. The highest BCUT2D eigenvalue weighted by Gasteiger charge is 2.04. The molecule has 1 amide bonds. The van der Waals surface area contributed by atoms with Crippen LogP contribution in [0.3, 0.4) is 0 Å². The Morgan fingerprint density at radius 2 is 1.80 bits per heavy atom. The third-order valence-corrected chi connectivity index (χ3v) is 2.97. The zero-order valence-electron chi connectivity index (χ0n) is 11.5. The Morgan fingerprint density at radius 1 is 1.10 bits per heavy atom. The van der Waals surface area contributed by atoms with Gasteiger partial charge in [-0.2, -0.15) is 0 Å². The van der Waals surface area contributed by atoms with E-state index in [2.05, 4.69) is 10.6 Å². The molecule has 0 atom stereocenters. The fourth-order valence-corrected chi connectivity index (χ4v) is 1.80. The maximum absolute atomic E-state index is 13.1. The Balaban J connectivity index is 1.92. The summed E-state index contributed by atoms with van der Waals surface area (Å²) in [5.41, 5.74) is 3.41. The van der Waals surface area contributed by atoms with Gasteiger partial charge in [0.05, 0.1) is 6.54 Å². The van der Waals surface area contributed by atoms with E-state index in [4.69, 9.17) is 0 Å². The van der Waals surface area contributed by atoms with Gasteiger partial charge in [-0.1, -0.05) is 23.8 Å². The fourth-order valence-electron chi connectivity index (χ4n) is 1.80. The van der Waals surface area contributed by atoms with E-state index in [-0.39, 0.29) is 18.3 Å². The van der Waals surface area contributed by atoms with Crippen molar-refractivity contribution < 1.29 is 9.18 Å². The Hall–Kier alpha value is -2.36. The van der Waals surface area contributed by atoms with E-state index in [9.17, 15) is 9.18 Å². The Labute approximate surface area is 117 Å². The number of carbonyl (C=O) groups excluding carboxylic acids is 1. The van der Waals surface area contributed by atoms with Crippen LogP contribution in [0.1, 0.15) is 11.1 Å². The average molecular weight is 272 g/mol. The van der Waals surface area contributed by atoms with E-state index in [1.165, 1.54) is 12.1 Å². The summed E-state index contributed by atoms with van der Waals surface area (Å²) in [6.07, 6.45) is 0. The monoisotopic (exact) mass is 272 g/mol.